The van der Waals surface area contributed by atoms with Gasteiger partial charge in [0.15, 0.2) is 0 Å². The van der Waals surface area contributed by atoms with Crippen LogP contribution in [0.1, 0.15) is 29.0 Å². The van der Waals surface area contributed by atoms with E-state index in [1.165, 1.54) is 0 Å². The van der Waals surface area contributed by atoms with E-state index in [9.17, 15) is 9.59 Å². The minimum absolute atomic E-state index is 0.0108. The van der Waals surface area contributed by atoms with Crippen molar-refractivity contribution in [3.63, 3.8) is 0 Å². The summed E-state index contributed by atoms with van der Waals surface area (Å²) in [7, 11) is 5.08. The van der Waals surface area contributed by atoms with E-state index in [1.807, 2.05) is 36.4 Å². The Kier molecular flexibility index (Phi) is 6.49. The zero-order chi connectivity index (χ0) is 23.4. The fourth-order valence-corrected chi connectivity index (χ4v) is 4.59. The standard InChI is InChI=1S/C26H29N3O4/c1-28(2)25(31)26(17-22-16-23(27-33-22)19-9-5-4-6-10-19)13-8-14-29(18-26)24(30)20-11-7-12-21(15-20)32-3/h4-7,9-12,15-16H,8,13-14,17-18H2,1-3H3/t26-/m0/s1. The lowest BCUT2D eigenvalue weighted by Gasteiger charge is -2.42. The molecule has 0 radical (unpaired) electrons. The summed E-state index contributed by atoms with van der Waals surface area (Å²) in [6.07, 6.45) is 1.79. The van der Waals surface area contributed by atoms with Gasteiger partial charge in [-0.1, -0.05) is 41.6 Å². The summed E-state index contributed by atoms with van der Waals surface area (Å²) in [5.41, 5.74) is 1.47. The van der Waals surface area contributed by atoms with E-state index >= 15 is 0 Å². The fraction of sp³-hybridized carbons (Fsp3) is 0.346. The van der Waals surface area contributed by atoms with E-state index in [-0.39, 0.29) is 11.8 Å². The van der Waals surface area contributed by atoms with Crippen molar-refractivity contribution in [2.24, 2.45) is 5.41 Å². The van der Waals surface area contributed by atoms with Gasteiger partial charge in [0.2, 0.25) is 5.91 Å². The molecule has 1 atom stereocenters. The molecule has 2 heterocycles. The van der Waals surface area contributed by atoms with Gasteiger partial charge in [-0.25, -0.2) is 0 Å². The molecule has 1 aliphatic heterocycles. The first-order valence-corrected chi connectivity index (χ1v) is 11.1. The monoisotopic (exact) mass is 447 g/mol. The second-order valence-corrected chi connectivity index (χ2v) is 8.76. The van der Waals surface area contributed by atoms with Gasteiger partial charge in [-0.3, -0.25) is 9.59 Å². The Bertz CT molecular complexity index is 1130. The fourth-order valence-electron chi connectivity index (χ4n) is 4.59. The summed E-state index contributed by atoms with van der Waals surface area (Å²) >= 11 is 0. The first kappa shape index (κ1) is 22.6. The molecule has 7 heteroatoms. The Morgan fingerprint density at radius 3 is 2.64 bits per heavy atom. The van der Waals surface area contributed by atoms with Crippen molar-refractivity contribution < 1.29 is 18.8 Å². The highest BCUT2D eigenvalue weighted by molar-refractivity contribution is 5.95. The molecule has 1 saturated heterocycles. The number of hydrogen-bond donors (Lipinski definition) is 0. The zero-order valence-corrected chi connectivity index (χ0v) is 19.3. The summed E-state index contributed by atoms with van der Waals surface area (Å²) in [6, 6.07) is 18.8. The molecule has 1 fully saturated rings. The van der Waals surface area contributed by atoms with Gasteiger partial charge in [0.25, 0.3) is 5.91 Å². The number of amides is 2. The van der Waals surface area contributed by atoms with Crippen molar-refractivity contribution in [2.45, 2.75) is 19.3 Å². The predicted octanol–water partition coefficient (Wildman–Crippen LogP) is 3.90. The Hall–Kier alpha value is -3.61. The third kappa shape index (κ3) is 4.77. The number of carbonyl (C=O) groups is 2. The largest absolute Gasteiger partial charge is 0.497 e. The number of hydrogen-bond acceptors (Lipinski definition) is 5. The van der Waals surface area contributed by atoms with Crippen LogP contribution < -0.4 is 4.74 Å². The van der Waals surface area contributed by atoms with E-state index < -0.39 is 5.41 Å². The van der Waals surface area contributed by atoms with Gasteiger partial charge in [0.05, 0.1) is 12.5 Å². The number of piperidine rings is 1. The van der Waals surface area contributed by atoms with Crippen LogP contribution in [0.2, 0.25) is 0 Å². The first-order valence-electron chi connectivity index (χ1n) is 11.1. The molecule has 7 nitrogen and oxygen atoms in total. The minimum atomic E-state index is -0.774. The molecule has 0 aliphatic carbocycles. The molecule has 1 aliphatic rings. The van der Waals surface area contributed by atoms with Crippen molar-refractivity contribution in [1.29, 1.82) is 0 Å². The van der Waals surface area contributed by atoms with Crippen LogP contribution in [0, 0.1) is 5.41 Å². The molecule has 1 aromatic heterocycles. The summed E-state index contributed by atoms with van der Waals surface area (Å²) < 4.78 is 10.9. The van der Waals surface area contributed by atoms with E-state index in [4.69, 9.17) is 9.26 Å². The number of rotatable bonds is 6. The van der Waals surface area contributed by atoms with Gasteiger partial charge in [-0.05, 0) is 31.0 Å². The van der Waals surface area contributed by atoms with Crippen LogP contribution >= 0.6 is 0 Å². The number of likely N-dealkylation sites (tertiary alicyclic amines) is 1. The maximum absolute atomic E-state index is 13.4. The van der Waals surface area contributed by atoms with Gasteiger partial charge in [0, 0.05) is 50.8 Å². The number of methoxy groups -OCH3 is 1. The summed E-state index contributed by atoms with van der Waals surface area (Å²) in [6.45, 7) is 0.922. The maximum Gasteiger partial charge on any atom is 0.254 e. The Labute approximate surface area is 193 Å². The molecular weight excluding hydrogens is 418 g/mol. The van der Waals surface area contributed by atoms with Crippen molar-refractivity contribution in [2.75, 3.05) is 34.3 Å². The maximum atomic E-state index is 13.4. The molecular formula is C26H29N3O4. The summed E-state index contributed by atoms with van der Waals surface area (Å²) in [5.74, 6) is 1.15. The lowest BCUT2D eigenvalue weighted by atomic mass is 9.75. The molecule has 0 saturated carbocycles. The molecule has 0 spiro atoms. The van der Waals surface area contributed by atoms with Crippen molar-refractivity contribution in [1.82, 2.24) is 15.0 Å². The SMILES string of the molecule is COc1cccc(C(=O)N2CCC[C@@](Cc3cc(-c4ccccc4)no3)(C(=O)N(C)C)C2)c1. The van der Waals surface area contributed by atoms with Gasteiger partial charge in [-0.2, -0.15) is 0 Å². The molecule has 172 valence electrons. The lowest BCUT2D eigenvalue weighted by Crippen LogP contribution is -2.54. The molecule has 0 N–H and O–H groups in total. The van der Waals surface area contributed by atoms with Crippen LogP contribution in [-0.4, -0.2) is 61.1 Å². The third-order valence-corrected chi connectivity index (χ3v) is 6.18. The van der Waals surface area contributed by atoms with E-state index in [0.29, 0.717) is 43.0 Å². The van der Waals surface area contributed by atoms with Crippen LogP contribution in [0.3, 0.4) is 0 Å². The summed E-state index contributed by atoms with van der Waals surface area (Å²) in [4.78, 5) is 30.1. The zero-order valence-electron chi connectivity index (χ0n) is 19.3. The van der Waals surface area contributed by atoms with Gasteiger partial charge >= 0.3 is 0 Å². The Morgan fingerprint density at radius 1 is 1.12 bits per heavy atom. The average molecular weight is 448 g/mol. The Balaban J connectivity index is 1.61. The predicted molar refractivity (Wildman–Crippen MR) is 125 cm³/mol. The highest BCUT2D eigenvalue weighted by atomic mass is 16.5. The van der Waals surface area contributed by atoms with E-state index in [1.54, 1.807) is 55.3 Å². The third-order valence-electron chi connectivity index (χ3n) is 6.18. The van der Waals surface area contributed by atoms with Crippen LogP contribution in [0.5, 0.6) is 5.75 Å². The van der Waals surface area contributed by atoms with E-state index in [2.05, 4.69) is 5.16 Å². The number of carbonyl (C=O) groups excluding carboxylic acids is 2. The van der Waals surface area contributed by atoms with Crippen molar-refractivity contribution >= 4 is 11.8 Å². The van der Waals surface area contributed by atoms with E-state index in [0.717, 1.165) is 17.7 Å². The number of ether oxygens (including phenoxy) is 1. The molecule has 2 amide bonds. The van der Waals surface area contributed by atoms with Gasteiger partial charge < -0.3 is 19.1 Å². The highest BCUT2D eigenvalue weighted by Gasteiger charge is 2.45. The number of nitrogens with zero attached hydrogens (tertiary/aromatic N) is 3. The van der Waals surface area contributed by atoms with Gasteiger partial charge in [0.1, 0.15) is 17.2 Å². The van der Waals surface area contributed by atoms with Gasteiger partial charge in [-0.15, -0.1) is 0 Å². The highest BCUT2D eigenvalue weighted by Crippen LogP contribution is 2.37. The second-order valence-electron chi connectivity index (χ2n) is 8.76. The normalized spacial score (nSPS) is 18.1. The van der Waals surface area contributed by atoms with Crippen LogP contribution in [0.15, 0.2) is 65.2 Å². The first-order chi connectivity index (χ1) is 15.9. The molecule has 33 heavy (non-hydrogen) atoms. The minimum Gasteiger partial charge on any atom is -0.497 e. The number of benzene rings is 2. The topological polar surface area (TPSA) is 75.9 Å². The molecule has 4 rings (SSSR count). The quantitative estimate of drug-likeness (QED) is 0.573. The summed E-state index contributed by atoms with van der Waals surface area (Å²) in [5, 5.41) is 4.21. The molecule has 3 aromatic rings. The number of aromatic nitrogens is 1. The van der Waals surface area contributed by atoms with Crippen molar-refractivity contribution in [3.05, 3.63) is 72.0 Å². The molecule has 2 aromatic carbocycles. The second kappa shape index (κ2) is 9.48. The van der Waals surface area contributed by atoms with Crippen molar-refractivity contribution in [3.8, 4) is 17.0 Å². The lowest BCUT2D eigenvalue weighted by molar-refractivity contribution is -0.142. The van der Waals surface area contributed by atoms with Crippen LogP contribution in [0.4, 0.5) is 0 Å². The molecule has 0 unspecified atom stereocenters. The average Bonchev–Trinajstić information content (AvgIpc) is 3.32. The Morgan fingerprint density at radius 2 is 1.91 bits per heavy atom. The van der Waals surface area contributed by atoms with Crippen LogP contribution in [0.25, 0.3) is 11.3 Å². The molecule has 0 bridgehead atoms. The van der Waals surface area contributed by atoms with Crippen LogP contribution in [-0.2, 0) is 11.2 Å². The smallest absolute Gasteiger partial charge is 0.254 e.